The lowest BCUT2D eigenvalue weighted by Crippen LogP contribution is -2.00. The van der Waals surface area contributed by atoms with Crippen molar-refractivity contribution in [1.29, 1.82) is 0 Å². The second-order valence-corrected chi connectivity index (χ2v) is 11.3. The van der Waals surface area contributed by atoms with Gasteiger partial charge in [0, 0.05) is 31.5 Å². The Balaban J connectivity index is 1.43. The molecule has 2 atom stereocenters. The van der Waals surface area contributed by atoms with E-state index in [1.807, 2.05) is 6.07 Å². The largest absolute Gasteiger partial charge is 0.309 e. The fraction of sp³-hybridized carbons (Fsp3) is 0.0909. The number of rotatable bonds is 2. The quantitative estimate of drug-likeness (QED) is 0.204. The van der Waals surface area contributed by atoms with Crippen molar-refractivity contribution >= 4 is 49.3 Å². The van der Waals surface area contributed by atoms with E-state index in [0.29, 0.717) is 11.8 Å². The Morgan fingerprint density at radius 1 is 0.694 bits per heavy atom. The Hall–Kier alpha value is -3.33. The van der Waals surface area contributed by atoms with E-state index in [1.165, 1.54) is 67.3 Å². The van der Waals surface area contributed by atoms with Gasteiger partial charge in [0.1, 0.15) is 0 Å². The van der Waals surface area contributed by atoms with Crippen LogP contribution in [-0.4, -0.2) is 4.57 Å². The van der Waals surface area contributed by atoms with Gasteiger partial charge in [0.15, 0.2) is 0 Å². The van der Waals surface area contributed by atoms with Crippen LogP contribution >= 0.6 is 27.5 Å². The molecule has 2 aliphatic carbocycles. The smallest absolute Gasteiger partial charge is 0.0552 e. The molecule has 1 nitrogen and oxygen atoms in total. The zero-order valence-corrected chi connectivity index (χ0v) is 21.7. The minimum atomic E-state index is 0.628. The third kappa shape index (κ3) is 2.89. The summed E-state index contributed by atoms with van der Waals surface area (Å²) in [6.45, 7) is 0. The van der Waals surface area contributed by atoms with Gasteiger partial charge in [0.25, 0.3) is 0 Å². The van der Waals surface area contributed by atoms with E-state index in [4.69, 9.17) is 11.6 Å². The van der Waals surface area contributed by atoms with Gasteiger partial charge in [0.05, 0.1) is 11.0 Å². The average molecular weight is 547 g/mol. The van der Waals surface area contributed by atoms with Crippen molar-refractivity contribution in [2.45, 2.75) is 18.3 Å². The maximum Gasteiger partial charge on any atom is 0.0552 e. The molecule has 6 aromatic rings. The molecule has 1 aromatic heterocycles. The number of nitrogens with zero attached hydrogens (tertiary/aromatic N) is 1. The Kier molecular flexibility index (Phi) is 4.39. The molecule has 36 heavy (non-hydrogen) atoms. The molecular formula is C33H21BrClN. The second kappa shape index (κ2) is 7.59. The SMILES string of the molecule is Clc1cccc2c1-c1cc(-c3cccc4c3c3ccc(Br)cc3n4-c3ccccc3)ccc1C1CC21. The van der Waals surface area contributed by atoms with Crippen LogP contribution in [0, 0.1) is 0 Å². The van der Waals surface area contributed by atoms with Gasteiger partial charge in [-0.2, -0.15) is 0 Å². The molecule has 0 aliphatic heterocycles. The topological polar surface area (TPSA) is 4.93 Å². The van der Waals surface area contributed by atoms with Gasteiger partial charge in [-0.15, -0.1) is 0 Å². The lowest BCUT2D eigenvalue weighted by Gasteiger charge is -2.21. The van der Waals surface area contributed by atoms with Crippen molar-refractivity contribution in [3.05, 3.63) is 124 Å². The Bertz CT molecular complexity index is 1850. The zero-order valence-electron chi connectivity index (χ0n) is 19.4. The zero-order chi connectivity index (χ0) is 24.0. The molecule has 5 aromatic carbocycles. The van der Waals surface area contributed by atoms with E-state index in [9.17, 15) is 0 Å². The first-order chi connectivity index (χ1) is 17.7. The molecule has 0 saturated heterocycles. The lowest BCUT2D eigenvalue weighted by molar-refractivity contribution is 1.01. The highest BCUT2D eigenvalue weighted by molar-refractivity contribution is 9.10. The highest BCUT2D eigenvalue weighted by Crippen LogP contribution is 2.63. The minimum absolute atomic E-state index is 0.628. The molecular weight excluding hydrogens is 526 g/mol. The lowest BCUT2D eigenvalue weighted by atomic mass is 9.83. The molecule has 3 heteroatoms. The average Bonchev–Trinajstić information content (AvgIpc) is 3.65. The highest BCUT2D eigenvalue weighted by atomic mass is 79.9. The van der Waals surface area contributed by atoms with Gasteiger partial charge in [-0.05, 0) is 88.5 Å². The Morgan fingerprint density at radius 2 is 1.53 bits per heavy atom. The van der Waals surface area contributed by atoms with E-state index in [0.717, 1.165) is 9.50 Å². The van der Waals surface area contributed by atoms with Crippen LogP contribution in [0.25, 0.3) is 49.7 Å². The summed E-state index contributed by atoms with van der Waals surface area (Å²) >= 11 is 10.5. The van der Waals surface area contributed by atoms with Gasteiger partial charge in [-0.25, -0.2) is 0 Å². The molecule has 8 rings (SSSR count). The number of hydrogen-bond acceptors (Lipinski definition) is 0. The van der Waals surface area contributed by atoms with Crippen molar-refractivity contribution in [1.82, 2.24) is 4.57 Å². The van der Waals surface area contributed by atoms with Crippen LogP contribution in [0.1, 0.15) is 29.4 Å². The maximum atomic E-state index is 6.80. The van der Waals surface area contributed by atoms with E-state index in [1.54, 1.807) is 0 Å². The third-order valence-electron chi connectivity index (χ3n) is 8.04. The summed E-state index contributed by atoms with van der Waals surface area (Å²) in [5.74, 6) is 1.26. The molecule has 0 bridgehead atoms. The molecule has 1 fully saturated rings. The molecule has 0 radical (unpaired) electrons. The summed E-state index contributed by atoms with van der Waals surface area (Å²) in [4.78, 5) is 0. The molecule has 0 spiro atoms. The van der Waals surface area contributed by atoms with Gasteiger partial charge in [0.2, 0.25) is 0 Å². The molecule has 1 saturated carbocycles. The minimum Gasteiger partial charge on any atom is -0.309 e. The summed E-state index contributed by atoms with van der Waals surface area (Å²) in [5.41, 5.74) is 11.5. The summed E-state index contributed by atoms with van der Waals surface area (Å²) in [6.07, 6.45) is 1.23. The van der Waals surface area contributed by atoms with Crippen LogP contribution in [0.3, 0.4) is 0 Å². The van der Waals surface area contributed by atoms with E-state index in [-0.39, 0.29) is 0 Å². The number of fused-ring (bicyclic) bond motifs is 9. The molecule has 172 valence electrons. The van der Waals surface area contributed by atoms with E-state index in [2.05, 4.69) is 118 Å². The van der Waals surface area contributed by atoms with Gasteiger partial charge in [-0.3, -0.25) is 0 Å². The number of para-hydroxylation sites is 1. The molecule has 2 unspecified atom stereocenters. The van der Waals surface area contributed by atoms with Crippen LogP contribution in [0.15, 0.2) is 108 Å². The molecule has 2 aliphatic rings. The van der Waals surface area contributed by atoms with Gasteiger partial charge >= 0.3 is 0 Å². The fourth-order valence-corrected chi connectivity index (χ4v) is 7.05. The normalized spacial score (nSPS) is 17.6. The third-order valence-corrected chi connectivity index (χ3v) is 8.84. The first kappa shape index (κ1) is 20.8. The maximum absolute atomic E-state index is 6.80. The summed E-state index contributed by atoms with van der Waals surface area (Å²) in [6, 6.07) is 37.4. The monoisotopic (exact) mass is 545 g/mol. The number of halogens is 2. The summed E-state index contributed by atoms with van der Waals surface area (Å²) in [5, 5.41) is 3.40. The Labute approximate surface area is 223 Å². The molecule has 0 N–H and O–H groups in total. The molecule has 1 heterocycles. The van der Waals surface area contributed by atoms with Crippen LogP contribution in [0.4, 0.5) is 0 Å². The van der Waals surface area contributed by atoms with Crippen molar-refractivity contribution in [3.8, 4) is 27.9 Å². The first-order valence-electron chi connectivity index (χ1n) is 12.4. The Morgan fingerprint density at radius 3 is 2.42 bits per heavy atom. The van der Waals surface area contributed by atoms with Crippen molar-refractivity contribution < 1.29 is 0 Å². The van der Waals surface area contributed by atoms with Crippen LogP contribution in [-0.2, 0) is 0 Å². The number of hydrogen-bond donors (Lipinski definition) is 0. The van der Waals surface area contributed by atoms with Crippen LogP contribution < -0.4 is 0 Å². The first-order valence-corrected chi connectivity index (χ1v) is 13.6. The van der Waals surface area contributed by atoms with Crippen LogP contribution in [0.5, 0.6) is 0 Å². The van der Waals surface area contributed by atoms with Crippen molar-refractivity contribution in [3.63, 3.8) is 0 Å². The molecule has 0 amide bonds. The van der Waals surface area contributed by atoms with E-state index < -0.39 is 0 Å². The van der Waals surface area contributed by atoms with Gasteiger partial charge < -0.3 is 4.57 Å². The second-order valence-electron chi connectivity index (χ2n) is 9.99. The number of benzene rings is 5. The summed E-state index contributed by atoms with van der Waals surface area (Å²) in [7, 11) is 0. The van der Waals surface area contributed by atoms with Crippen molar-refractivity contribution in [2.75, 3.05) is 0 Å². The standard InChI is InChI=1S/C33H21BrClN/c34-20-13-15-25-31(17-20)36(21-6-2-1-3-7-21)30-11-5-8-22(33(25)30)19-12-14-23-26-18-27(26)24-9-4-10-29(35)32(24)28(23)16-19/h1-17,26-27H,18H2. The highest BCUT2D eigenvalue weighted by Gasteiger charge is 2.45. The van der Waals surface area contributed by atoms with Gasteiger partial charge in [-0.1, -0.05) is 88.2 Å². The predicted molar refractivity (Wildman–Crippen MR) is 154 cm³/mol. The fourth-order valence-electron chi connectivity index (χ4n) is 6.42. The summed E-state index contributed by atoms with van der Waals surface area (Å²) < 4.78 is 3.45. The number of aromatic nitrogens is 1. The predicted octanol–water partition coefficient (Wildman–Crippen LogP) is 10.1. The van der Waals surface area contributed by atoms with E-state index >= 15 is 0 Å². The van der Waals surface area contributed by atoms with Crippen molar-refractivity contribution in [2.24, 2.45) is 0 Å². The van der Waals surface area contributed by atoms with Crippen LogP contribution in [0.2, 0.25) is 5.02 Å².